The first kappa shape index (κ1) is 8.76. The first-order valence-corrected chi connectivity index (χ1v) is 4.11. The Balaban J connectivity index is 2.91. The van der Waals surface area contributed by atoms with Gasteiger partial charge in [-0.1, -0.05) is 6.08 Å². The van der Waals surface area contributed by atoms with Gasteiger partial charge in [-0.25, -0.2) is 0 Å². The Labute approximate surface area is 60.5 Å². The number of Topliss-reactive ketones (excluding diaryl/α,β-unsaturated/α-hetero) is 1. The largest absolute Gasteiger partial charge is 0.299 e. The van der Waals surface area contributed by atoms with Gasteiger partial charge in [0.1, 0.15) is 5.78 Å². The van der Waals surface area contributed by atoms with Crippen molar-refractivity contribution in [3.8, 4) is 0 Å². The zero-order valence-corrected chi connectivity index (χ0v) is 6.54. The van der Waals surface area contributed by atoms with E-state index in [-0.39, 0.29) is 5.78 Å². The van der Waals surface area contributed by atoms with Crippen molar-refractivity contribution >= 4 is 17.5 Å². The molecule has 0 rings (SSSR count). The van der Waals surface area contributed by atoms with Gasteiger partial charge in [0.25, 0.3) is 0 Å². The zero-order chi connectivity index (χ0) is 7.11. The molecule has 9 heavy (non-hydrogen) atoms. The van der Waals surface area contributed by atoms with Gasteiger partial charge in [-0.05, 0) is 19.1 Å². The standard InChI is InChI=1S/C7H12OS/c1-3-4-5-9-6-7(2)8/h3H,1,4-6H2,2H3. The predicted octanol–water partition coefficient (Wildman–Crippen LogP) is 1.88. The molecule has 0 aliphatic heterocycles. The maximum absolute atomic E-state index is 10.4. The number of carbonyl (C=O) groups is 1. The highest BCUT2D eigenvalue weighted by Crippen LogP contribution is 2.01. The zero-order valence-electron chi connectivity index (χ0n) is 5.72. The number of ketones is 1. The van der Waals surface area contributed by atoms with E-state index in [9.17, 15) is 4.79 Å². The summed E-state index contributed by atoms with van der Waals surface area (Å²) >= 11 is 1.67. The molecule has 0 aromatic heterocycles. The lowest BCUT2D eigenvalue weighted by Gasteiger charge is -1.92. The molecule has 0 heterocycles. The Morgan fingerprint density at radius 1 is 1.78 bits per heavy atom. The molecule has 0 fully saturated rings. The summed E-state index contributed by atoms with van der Waals surface area (Å²) in [6, 6.07) is 0. The third-order valence-electron chi connectivity index (χ3n) is 0.772. The third-order valence-corrected chi connectivity index (χ3v) is 1.91. The Kier molecular flexibility index (Phi) is 5.73. The van der Waals surface area contributed by atoms with Crippen LogP contribution in [0.2, 0.25) is 0 Å². The fourth-order valence-corrected chi connectivity index (χ4v) is 1.15. The molecule has 0 saturated heterocycles. The lowest BCUT2D eigenvalue weighted by molar-refractivity contribution is -0.114. The van der Waals surface area contributed by atoms with E-state index in [1.54, 1.807) is 18.7 Å². The third kappa shape index (κ3) is 7.76. The fourth-order valence-electron chi connectivity index (χ4n) is 0.383. The molecule has 52 valence electrons. The van der Waals surface area contributed by atoms with E-state index < -0.39 is 0 Å². The van der Waals surface area contributed by atoms with Crippen LogP contribution in [0.25, 0.3) is 0 Å². The molecule has 0 aliphatic carbocycles. The van der Waals surface area contributed by atoms with Crippen molar-refractivity contribution < 1.29 is 4.79 Å². The van der Waals surface area contributed by atoms with Crippen molar-refractivity contribution in [3.05, 3.63) is 12.7 Å². The maximum Gasteiger partial charge on any atom is 0.139 e. The normalized spacial score (nSPS) is 9.00. The predicted molar refractivity (Wildman–Crippen MR) is 42.8 cm³/mol. The van der Waals surface area contributed by atoms with Gasteiger partial charge in [-0.15, -0.1) is 6.58 Å². The van der Waals surface area contributed by atoms with Crippen LogP contribution in [0.4, 0.5) is 0 Å². The van der Waals surface area contributed by atoms with Gasteiger partial charge in [0.15, 0.2) is 0 Å². The molecular weight excluding hydrogens is 132 g/mol. The number of rotatable bonds is 5. The van der Waals surface area contributed by atoms with Crippen molar-refractivity contribution in [1.82, 2.24) is 0 Å². The van der Waals surface area contributed by atoms with E-state index in [1.807, 2.05) is 6.08 Å². The van der Waals surface area contributed by atoms with Crippen molar-refractivity contribution in [2.24, 2.45) is 0 Å². The molecule has 0 aromatic carbocycles. The van der Waals surface area contributed by atoms with Crippen LogP contribution in [0.3, 0.4) is 0 Å². The average molecular weight is 144 g/mol. The Morgan fingerprint density at radius 3 is 2.89 bits per heavy atom. The van der Waals surface area contributed by atoms with Gasteiger partial charge in [-0.3, -0.25) is 4.79 Å². The lowest BCUT2D eigenvalue weighted by Crippen LogP contribution is -1.93. The quantitative estimate of drug-likeness (QED) is 0.433. The summed E-state index contributed by atoms with van der Waals surface area (Å²) in [6.45, 7) is 5.19. The molecule has 0 unspecified atom stereocenters. The number of allylic oxidation sites excluding steroid dienone is 1. The summed E-state index contributed by atoms with van der Waals surface area (Å²) in [5, 5.41) is 0. The van der Waals surface area contributed by atoms with Crippen LogP contribution in [0, 0.1) is 0 Å². The number of thioether (sulfide) groups is 1. The first-order chi connectivity index (χ1) is 4.27. The van der Waals surface area contributed by atoms with Gasteiger partial charge in [0.2, 0.25) is 0 Å². The monoisotopic (exact) mass is 144 g/mol. The summed E-state index contributed by atoms with van der Waals surface area (Å²) in [6.07, 6.45) is 2.87. The summed E-state index contributed by atoms with van der Waals surface area (Å²) in [7, 11) is 0. The second kappa shape index (κ2) is 5.89. The summed E-state index contributed by atoms with van der Waals surface area (Å²) in [4.78, 5) is 10.4. The minimum atomic E-state index is 0.254. The highest BCUT2D eigenvalue weighted by Gasteiger charge is 1.90. The average Bonchev–Trinajstić information content (AvgIpc) is 1.80. The summed E-state index contributed by atoms with van der Waals surface area (Å²) < 4.78 is 0. The van der Waals surface area contributed by atoms with Crippen molar-refractivity contribution in [2.75, 3.05) is 11.5 Å². The topological polar surface area (TPSA) is 17.1 Å². The van der Waals surface area contributed by atoms with E-state index in [0.29, 0.717) is 5.75 Å². The van der Waals surface area contributed by atoms with E-state index in [0.717, 1.165) is 12.2 Å². The van der Waals surface area contributed by atoms with Gasteiger partial charge in [-0.2, -0.15) is 11.8 Å². The van der Waals surface area contributed by atoms with Gasteiger partial charge >= 0.3 is 0 Å². The highest BCUT2D eigenvalue weighted by molar-refractivity contribution is 7.99. The number of hydrogen-bond donors (Lipinski definition) is 0. The molecule has 0 atom stereocenters. The Bertz CT molecular complexity index is 99.1. The minimum Gasteiger partial charge on any atom is -0.299 e. The van der Waals surface area contributed by atoms with E-state index >= 15 is 0 Å². The smallest absolute Gasteiger partial charge is 0.139 e. The molecule has 0 amide bonds. The fraction of sp³-hybridized carbons (Fsp3) is 0.571. The number of hydrogen-bond acceptors (Lipinski definition) is 2. The second-order valence-electron chi connectivity index (χ2n) is 1.83. The van der Waals surface area contributed by atoms with Crippen molar-refractivity contribution in [3.63, 3.8) is 0 Å². The van der Waals surface area contributed by atoms with Gasteiger partial charge < -0.3 is 0 Å². The highest BCUT2D eigenvalue weighted by atomic mass is 32.2. The maximum atomic E-state index is 10.4. The molecule has 0 spiro atoms. The van der Waals surface area contributed by atoms with Crippen LogP contribution in [0.15, 0.2) is 12.7 Å². The molecule has 0 aromatic rings. The van der Waals surface area contributed by atoms with Crippen LogP contribution < -0.4 is 0 Å². The molecule has 0 bridgehead atoms. The molecule has 2 heteroatoms. The molecule has 0 radical (unpaired) electrons. The second-order valence-corrected chi connectivity index (χ2v) is 2.94. The van der Waals surface area contributed by atoms with E-state index in [2.05, 4.69) is 6.58 Å². The van der Waals surface area contributed by atoms with E-state index in [1.165, 1.54) is 0 Å². The van der Waals surface area contributed by atoms with Crippen LogP contribution in [-0.2, 0) is 4.79 Å². The summed E-state index contributed by atoms with van der Waals surface area (Å²) in [5.74, 6) is 1.92. The van der Waals surface area contributed by atoms with Crippen LogP contribution in [-0.4, -0.2) is 17.3 Å². The van der Waals surface area contributed by atoms with Crippen molar-refractivity contribution in [1.29, 1.82) is 0 Å². The van der Waals surface area contributed by atoms with Gasteiger partial charge in [0, 0.05) is 0 Å². The molecule has 0 saturated carbocycles. The SMILES string of the molecule is C=CCCSCC(C)=O. The van der Waals surface area contributed by atoms with Crippen LogP contribution in [0.1, 0.15) is 13.3 Å². The Hall–Kier alpha value is -0.240. The minimum absolute atomic E-state index is 0.254. The van der Waals surface area contributed by atoms with Crippen molar-refractivity contribution in [2.45, 2.75) is 13.3 Å². The lowest BCUT2D eigenvalue weighted by atomic mass is 10.5. The first-order valence-electron chi connectivity index (χ1n) is 2.95. The Morgan fingerprint density at radius 2 is 2.44 bits per heavy atom. The van der Waals surface area contributed by atoms with Gasteiger partial charge in [0.05, 0.1) is 5.75 Å². The molecule has 1 nitrogen and oxygen atoms in total. The molecule has 0 aliphatic rings. The molecular formula is C7H12OS. The summed E-state index contributed by atoms with van der Waals surface area (Å²) in [5.41, 5.74) is 0. The van der Waals surface area contributed by atoms with Crippen LogP contribution >= 0.6 is 11.8 Å². The number of carbonyl (C=O) groups excluding carboxylic acids is 1. The van der Waals surface area contributed by atoms with Crippen LogP contribution in [0.5, 0.6) is 0 Å². The molecule has 0 N–H and O–H groups in total. The van der Waals surface area contributed by atoms with E-state index in [4.69, 9.17) is 0 Å².